The van der Waals surface area contributed by atoms with Crippen LogP contribution in [0.3, 0.4) is 0 Å². The molecule has 3 rings (SSSR count). The zero-order valence-corrected chi connectivity index (χ0v) is 16.8. The summed E-state index contributed by atoms with van der Waals surface area (Å²) in [6.07, 6.45) is -0.682. The van der Waals surface area contributed by atoms with E-state index in [2.05, 4.69) is 10.6 Å². The van der Waals surface area contributed by atoms with Crippen LogP contribution in [0.4, 0.5) is 15.8 Å². The maximum atomic E-state index is 13.1. The number of hydrogen-bond donors (Lipinski definition) is 3. The lowest BCUT2D eigenvalue weighted by Gasteiger charge is -2.19. The Kier molecular flexibility index (Phi) is 7.54. The standard InChI is InChI=1S/C24H25FN2O3/c1-30-14-13-23(28)27-22-12-11-20(26-16-17-7-9-19(25)10-8-17)15-21(22)24(29)18-5-3-2-4-6-18/h2-12,15,24,26,29H,13-14,16H2,1H3,(H,27,28)/t24-/m0/s1. The smallest absolute Gasteiger partial charge is 0.226 e. The van der Waals surface area contributed by atoms with Gasteiger partial charge in [0, 0.05) is 30.6 Å². The average Bonchev–Trinajstić information content (AvgIpc) is 2.78. The van der Waals surface area contributed by atoms with Crippen LogP contribution in [-0.4, -0.2) is 24.7 Å². The normalized spacial score (nSPS) is 11.7. The highest BCUT2D eigenvalue weighted by atomic mass is 19.1. The molecule has 0 spiro atoms. The predicted molar refractivity (Wildman–Crippen MR) is 116 cm³/mol. The van der Waals surface area contributed by atoms with Crippen LogP contribution in [0.25, 0.3) is 0 Å². The van der Waals surface area contributed by atoms with Gasteiger partial charge in [0.1, 0.15) is 11.9 Å². The number of benzene rings is 3. The van der Waals surface area contributed by atoms with Crippen LogP contribution in [0.2, 0.25) is 0 Å². The number of halogens is 1. The number of amides is 1. The van der Waals surface area contributed by atoms with Gasteiger partial charge in [-0.15, -0.1) is 0 Å². The third kappa shape index (κ3) is 5.89. The van der Waals surface area contributed by atoms with Crippen molar-refractivity contribution in [1.82, 2.24) is 0 Å². The Morgan fingerprint density at radius 2 is 1.80 bits per heavy atom. The molecule has 30 heavy (non-hydrogen) atoms. The molecule has 0 unspecified atom stereocenters. The van der Waals surface area contributed by atoms with E-state index in [9.17, 15) is 14.3 Å². The zero-order valence-electron chi connectivity index (χ0n) is 16.8. The first kappa shape index (κ1) is 21.5. The minimum absolute atomic E-state index is 0.189. The quantitative estimate of drug-likeness (QED) is 0.488. The highest BCUT2D eigenvalue weighted by Gasteiger charge is 2.17. The maximum absolute atomic E-state index is 13.1. The summed E-state index contributed by atoms with van der Waals surface area (Å²) in [6, 6.07) is 20.9. The second kappa shape index (κ2) is 10.5. The van der Waals surface area contributed by atoms with E-state index in [1.165, 1.54) is 12.1 Å². The van der Waals surface area contributed by atoms with Gasteiger partial charge in [0.05, 0.1) is 13.0 Å². The van der Waals surface area contributed by atoms with Crippen molar-refractivity contribution in [2.24, 2.45) is 0 Å². The maximum Gasteiger partial charge on any atom is 0.226 e. The highest BCUT2D eigenvalue weighted by Crippen LogP contribution is 2.31. The summed E-state index contributed by atoms with van der Waals surface area (Å²) < 4.78 is 18.0. The monoisotopic (exact) mass is 408 g/mol. The van der Waals surface area contributed by atoms with Gasteiger partial charge in [-0.3, -0.25) is 4.79 Å². The molecular formula is C24H25FN2O3. The number of nitrogens with one attached hydrogen (secondary N) is 2. The van der Waals surface area contributed by atoms with Gasteiger partial charge >= 0.3 is 0 Å². The molecule has 0 aromatic heterocycles. The number of ether oxygens (including phenoxy) is 1. The number of aliphatic hydroxyl groups is 1. The Bertz CT molecular complexity index is 962. The van der Waals surface area contributed by atoms with E-state index >= 15 is 0 Å². The zero-order chi connectivity index (χ0) is 21.3. The molecule has 0 aliphatic rings. The third-order valence-corrected chi connectivity index (χ3v) is 4.68. The highest BCUT2D eigenvalue weighted by molar-refractivity contribution is 5.92. The summed E-state index contributed by atoms with van der Waals surface area (Å²) in [7, 11) is 1.54. The number of hydrogen-bond acceptors (Lipinski definition) is 4. The second-order valence-corrected chi connectivity index (χ2v) is 6.89. The number of methoxy groups -OCH3 is 1. The number of carbonyl (C=O) groups is 1. The van der Waals surface area contributed by atoms with Crippen molar-refractivity contribution in [3.8, 4) is 0 Å². The minimum Gasteiger partial charge on any atom is -0.384 e. The largest absolute Gasteiger partial charge is 0.384 e. The number of rotatable bonds is 9. The van der Waals surface area contributed by atoms with Crippen LogP contribution < -0.4 is 10.6 Å². The van der Waals surface area contributed by atoms with Crippen molar-refractivity contribution in [2.45, 2.75) is 19.1 Å². The van der Waals surface area contributed by atoms with Crippen LogP contribution in [0.5, 0.6) is 0 Å². The Hall–Kier alpha value is -3.22. The molecule has 0 fully saturated rings. The lowest BCUT2D eigenvalue weighted by atomic mass is 9.99. The molecule has 0 heterocycles. The summed E-state index contributed by atoms with van der Waals surface area (Å²) in [4.78, 5) is 12.2. The average molecular weight is 408 g/mol. The molecule has 1 amide bonds. The van der Waals surface area contributed by atoms with Crippen LogP contribution in [0.15, 0.2) is 72.8 Å². The van der Waals surface area contributed by atoms with Crippen molar-refractivity contribution in [1.29, 1.82) is 0 Å². The predicted octanol–water partition coefficient (Wildman–Crippen LogP) is 4.49. The molecule has 156 valence electrons. The van der Waals surface area contributed by atoms with E-state index in [4.69, 9.17) is 4.74 Å². The van der Waals surface area contributed by atoms with Gasteiger partial charge in [0.25, 0.3) is 0 Å². The van der Waals surface area contributed by atoms with Crippen molar-refractivity contribution in [3.05, 3.63) is 95.3 Å². The van der Waals surface area contributed by atoms with Crippen molar-refractivity contribution < 1.29 is 19.0 Å². The molecule has 5 nitrogen and oxygen atoms in total. The van der Waals surface area contributed by atoms with Crippen LogP contribution in [0, 0.1) is 5.82 Å². The van der Waals surface area contributed by atoms with Gasteiger partial charge in [0.2, 0.25) is 5.91 Å². The third-order valence-electron chi connectivity index (χ3n) is 4.68. The van der Waals surface area contributed by atoms with Crippen LogP contribution >= 0.6 is 0 Å². The molecule has 0 saturated carbocycles. The van der Waals surface area contributed by atoms with Crippen molar-refractivity contribution in [3.63, 3.8) is 0 Å². The van der Waals surface area contributed by atoms with Crippen molar-refractivity contribution >= 4 is 17.3 Å². The minimum atomic E-state index is -0.906. The van der Waals surface area contributed by atoms with E-state index in [0.717, 1.165) is 16.8 Å². The first-order chi connectivity index (χ1) is 14.6. The van der Waals surface area contributed by atoms with E-state index < -0.39 is 6.10 Å². The second-order valence-electron chi connectivity index (χ2n) is 6.89. The van der Waals surface area contributed by atoms with Gasteiger partial charge in [-0.05, 0) is 41.5 Å². The van der Waals surface area contributed by atoms with Crippen LogP contribution in [0.1, 0.15) is 29.2 Å². The summed E-state index contributed by atoms with van der Waals surface area (Å²) in [5.41, 5.74) is 3.55. The van der Waals surface area contributed by atoms with Gasteiger partial charge in [0.15, 0.2) is 0 Å². The number of anilines is 2. The Morgan fingerprint density at radius 1 is 1.07 bits per heavy atom. The van der Waals surface area contributed by atoms with E-state index in [1.807, 2.05) is 42.5 Å². The summed E-state index contributed by atoms with van der Waals surface area (Å²) >= 11 is 0. The fourth-order valence-electron chi connectivity index (χ4n) is 3.04. The first-order valence-electron chi connectivity index (χ1n) is 9.71. The van der Waals surface area contributed by atoms with Crippen molar-refractivity contribution in [2.75, 3.05) is 24.4 Å². The molecule has 3 aromatic rings. The molecule has 1 atom stereocenters. The van der Waals surface area contributed by atoms with Gasteiger partial charge in [-0.1, -0.05) is 42.5 Å². The first-order valence-corrected chi connectivity index (χ1v) is 9.71. The molecule has 0 radical (unpaired) electrons. The van der Waals surface area contributed by atoms with E-state index in [0.29, 0.717) is 24.4 Å². The molecule has 6 heteroatoms. The topological polar surface area (TPSA) is 70.6 Å². The van der Waals surface area contributed by atoms with Gasteiger partial charge < -0.3 is 20.5 Å². The number of carbonyl (C=O) groups excluding carboxylic acids is 1. The lowest BCUT2D eigenvalue weighted by molar-refractivity contribution is -0.117. The van der Waals surface area contributed by atoms with Crippen LogP contribution in [-0.2, 0) is 16.1 Å². The molecule has 0 aliphatic carbocycles. The summed E-state index contributed by atoms with van der Waals surface area (Å²) in [6.45, 7) is 0.820. The van der Waals surface area contributed by atoms with Gasteiger partial charge in [-0.2, -0.15) is 0 Å². The fourth-order valence-corrected chi connectivity index (χ4v) is 3.04. The fraction of sp³-hybridized carbons (Fsp3) is 0.208. The molecule has 3 N–H and O–H groups in total. The Labute approximate surface area is 175 Å². The molecule has 3 aromatic carbocycles. The molecular weight excluding hydrogens is 383 g/mol. The molecule has 0 aliphatic heterocycles. The van der Waals surface area contributed by atoms with E-state index in [-0.39, 0.29) is 18.1 Å². The SMILES string of the molecule is COCCC(=O)Nc1ccc(NCc2ccc(F)cc2)cc1[C@@H](O)c1ccccc1. The van der Waals surface area contributed by atoms with Gasteiger partial charge in [-0.25, -0.2) is 4.39 Å². The Morgan fingerprint density at radius 3 is 2.50 bits per heavy atom. The molecule has 0 saturated heterocycles. The summed E-state index contributed by atoms with van der Waals surface area (Å²) in [5, 5.41) is 17.1. The molecule has 0 bridgehead atoms. The number of aliphatic hydroxyl groups excluding tert-OH is 1. The Balaban J connectivity index is 1.83. The van der Waals surface area contributed by atoms with E-state index in [1.54, 1.807) is 25.3 Å². The lowest BCUT2D eigenvalue weighted by Crippen LogP contribution is -2.16. The summed E-state index contributed by atoms with van der Waals surface area (Å²) in [5.74, 6) is -0.467.